The summed E-state index contributed by atoms with van der Waals surface area (Å²) in [6, 6.07) is 23.0. The molecule has 0 unspecified atom stereocenters. The van der Waals surface area contributed by atoms with Crippen molar-refractivity contribution in [2.24, 2.45) is 0 Å². The second-order valence-electron chi connectivity index (χ2n) is 6.09. The molecular formula is C21H21N3O2. The van der Waals surface area contributed by atoms with Gasteiger partial charge in [0.25, 0.3) is 5.91 Å². The molecule has 0 saturated carbocycles. The van der Waals surface area contributed by atoms with Gasteiger partial charge in [-0.15, -0.1) is 0 Å². The monoisotopic (exact) mass is 347 g/mol. The number of nitrogens with zero attached hydrogens (tertiary/aromatic N) is 3. The lowest BCUT2D eigenvalue weighted by Crippen LogP contribution is -2.28. The maximum atomic E-state index is 12.5. The van der Waals surface area contributed by atoms with Crippen LogP contribution in [0.2, 0.25) is 0 Å². The lowest BCUT2D eigenvalue weighted by molar-refractivity contribution is -0.0652. The van der Waals surface area contributed by atoms with Crippen LogP contribution in [0, 0.1) is 0 Å². The van der Waals surface area contributed by atoms with E-state index in [-0.39, 0.29) is 12.2 Å². The molecule has 5 nitrogen and oxygen atoms in total. The van der Waals surface area contributed by atoms with Gasteiger partial charge in [-0.3, -0.25) is 15.0 Å². The summed E-state index contributed by atoms with van der Waals surface area (Å²) in [5, 5.41) is 10.8. The molecule has 26 heavy (non-hydrogen) atoms. The molecule has 0 bridgehead atoms. The first-order valence-corrected chi connectivity index (χ1v) is 8.39. The highest BCUT2D eigenvalue weighted by Gasteiger charge is 2.16. The van der Waals surface area contributed by atoms with E-state index >= 15 is 0 Å². The fraction of sp³-hybridized carbons (Fsp3) is 0.143. The van der Waals surface area contributed by atoms with Crippen LogP contribution in [0.25, 0.3) is 0 Å². The molecule has 2 aromatic carbocycles. The van der Waals surface area contributed by atoms with Gasteiger partial charge in [-0.25, -0.2) is 5.06 Å². The third-order valence-electron chi connectivity index (χ3n) is 4.08. The number of hydroxylamine groups is 2. The fourth-order valence-electron chi connectivity index (χ4n) is 2.68. The first kappa shape index (κ1) is 17.6. The molecule has 0 aliphatic rings. The summed E-state index contributed by atoms with van der Waals surface area (Å²) in [6.07, 6.45) is 1.58. The highest BCUT2D eigenvalue weighted by Crippen LogP contribution is 2.17. The molecule has 0 atom stereocenters. The summed E-state index contributed by atoms with van der Waals surface area (Å²) in [5.74, 6) is -0.524. The fourth-order valence-corrected chi connectivity index (χ4v) is 2.68. The number of carbonyl (C=O) groups excluding carboxylic acids is 1. The van der Waals surface area contributed by atoms with Crippen LogP contribution in [0.4, 0.5) is 5.69 Å². The van der Waals surface area contributed by atoms with E-state index in [1.165, 1.54) is 5.56 Å². The normalized spacial score (nSPS) is 10.4. The number of anilines is 1. The summed E-state index contributed by atoms with van der Waals surface area (Å²) in [5.41, 5.74) is 3.09. The Morgan fingerprint density at radius 3 is 2.12 bits per heavy atom. The van der Waals surface area contributed by atoms with Crippen LogP contribution in [0.3, 0.4) is 0 Å². The molecule has 0 aliphatic heterocycles. The molecule has 132 valence electrons. The van der Waals surface area contributed by atoms with E-state index in [1.54, 1.807) is 12.3 Å². The van der Waals surface area contributed by atoms with Gasteiger partial charge in [-0.1, -0.05) is 60.7 Å². The van der Waals surface area contributed by atoms with Gasteiger partial charge in [0.15, 0.2) is 0 Å². The molecule has 0 radical (unpaired) electrons. The molecule has 0 aliphatic carbocycles. The summed E-state index contributed by atoms with van der Waals surface area (Å²) >= 11 is 0. The van der Waals surface area contributed by atoms with Crippen molar-refractivity contribution in [3.05, 3.63) is 95.8 Å². The Kier molecular flexibility index (Phi) is 5.61. The van der Waals surface area contributed by atoms with Crippen molar-refractivity contribution in [3.63, 3.8) is 0 Å². The van der Waals surface area contributed by atoms with E-state index in [4.69, 9.17) is 0 Å². The maximum absolute atomic E-state index is 12.5. The second kappa shape index (κ2) is 8.27. The largest absolute Gasteiger partial charge is 0.370 e. The highest BCUT2D eigenvalue weighted by molar-refractivity contribution is 5.92. The van der Waals surface area contributed by atoms with E-state index in [1.807, 2.05) is 66.5 Å². The molecule has 0 spiro atoms. The van der Waals surface area contributed by atoms with Crippen LogP contribution >= 0.6 is 0 Å². The van der Waals surface area contributed by atoms with Crippen LogP contribution < -0.4 is 4.90 Å². The number of carbonyl (C=O) groups is 1. The molecule has 5 heteroatoms. The van der Waals surface area contributed by atoms with Crippen molar-refractivity contribution >= 4 is 11.6 Å². The topological polar surface area (TPSA) is 56.7 Å². The first-order valence-electron chi connectivity index (χ1n) is 8.39. The molecule has 3 aromatic rings. The lowest BCUT2D eigenvalue weighted by Gasteiger charge is -2.20. The van der Waals surface area contributed by atoms with Gasteiger partial charge < -0.3 is 4.90 Å². The van der Waals surface area contributed by atoms with Crippen LogP contribution in [-0.4, -0.2) is 28.2 Å². The first-order chi connectivity index (χ1) is 12.6. The maximum Gasteiger partial charge on any atom is 0.296 e. The Labute approximate surface area is 153 Å². The molecule has 1 N–H and O–H groups in total. The van der Waals surface area contributed by atoms with Crippen LogP contribution in [-0.2, 0) is 13.1 Å². The third kappa shape index (κ3) is 4.46. The Bertz CT molecular complexity index is 853. The van der Waals surface area contributed by atoms with Crippen molar-refractivity contribution in [1.82, 2.24) is 10.0 Å². The number of hydrogen-bond donors (Lipinski definition) is 1. The zero-order valence-corrected chi connectivity index (χ0v) is 14.6. The van der Waals surface area contributed by atoms with E-state index in [0.717, 1.165) is 11.3 Å². The predicted octanol–water partition coefficient (Wildman–Crippen LogP) is 3.75. The minimum atomic E-state index is -0.524. The van der Waals surface area contributed by atoms with Gasteiger partial charge in [0.2, 0.25) is 0 Å². The molecule has 0 fully saturated rings. The van der Waals surface area contributed by atoms with Crippen molar-refractivity contribution in [2.45, 2.75) is 13.1 Å². The second-order valence-corrected chi connectivity index (χ2v) is 6.09. The van der Waals surface area contributed by atoms with E-state index in [0.29, 0.717) is 11.6 Å². The Hall–Kier alpha value is -3.18. The number of pyridine rings is 1. The Morgan fingerprint density at radius 2 is 1.50 bits per heavy atom. The molecule has 1 heterocycles. The number of rotatable bonds is 6. The van der Waals surface area contributed by atoms with Gasteiger partial charge in [-0.2, -0.15) is 0 Å². The minimum Gasteiger partial charge on any atom is -0.370 e. The molecule has 0 saturated heterocycles. The molecule has 3 rings (SSSR count). The summed E-state index contributed by atoms with van der Waals surface area (Å²) < 4.78 is 0. The van der Waals surface area contributed by atoms with Gasteiger partial charge in [0.1, 0.15) is 5.69 Å². The molecule has 1 amide bonds. The average molecular weight is 347 g/mol. The van der Waals surface area contributed by atoms with Gasteiger partial charge in [0.05, 0.1) is 6.54 Å². The van der Waals surface area contributed by atoms with Crippen LogP contribution in [0.5, 0.6) is 0 Å². The van der Waals surface area contributed by atoms with Gasteiger partial charge in [0, 0.05) is 25.5 Å². The van der Waals surface area contributed by atoms with E-state index in [9.17, 15) is 10.0 Å². The van der Waals surface area contributed by atoms with Gasteiger partial charge >= 0.3 is 0 Å². The number of benzene rings is 2. The minimum absolute atomic E-state index is 0.117. The van der Waals surface area contributed by atoms with Crippen LogP contribution in [0.15, 0.2) is 79.0 Å². The van der Waals surface area contributed by atoms with Crippen molar-refractivity contribution in [3.8, 4) is 0 Å². The zero-order valence-electron chi connectivity index (χ0n) is 14.6. The van der Waals surface area contributed by atoms with Crippen molar-refractivity contribution in [1.29, 1.82) is 0 Å². The Morgan fingerprint density at radius 1 is 0.923 bits per heavy atom. The summed E-state index contributed by atoms with van der Waals surface area (Å²) in [7, 11) is 1.96. The molecular weight excluding hydrogens is 326 g/mol. The smallest absolute Gasteiger partial charge is 0.296 e. The third-order valence-corrected chi connectivity index (χ3v) is 4.08. The molecule has 1 aromatic heterocycles. The van der Waals surface area contributed by atoms with Gasteiger partial charge in [-0.05, 0) is 23.3 Å². The SMILES string of the molecule is CN(Cc1ccccc1)c1ccnc(C(=O)N(O)Cc2ccccc2)c1. The average Bonchev–Trinajstić information content (AvgIpc) is 2.69. The summed E-state index contributed by atoms with van der Waals surface area (Å²) in [6.45, 7) is 0.830. The summed E-state index contributed by atoms with van der Waals surface area (Å²) in [4.78, 5) is 18.6. The Balaban J connectivity index is 1.70. The highest BCUT2D eigenvalue weighted by atomic mass is 16.5. The van der Waals surface area contributed by atoms with Crippen LogP contribution in [0.1, 0.15) is 21.6 Å². The standard InChI is InChI=1S/C21H21N3O2/c1-23(15-17-8-4-2-5-9-17)19-12-13-22-20(14-19)21(25)24(26)16-18-10-6-3-7-11-18/h2-14,26H,15-16H2,1H3. The number of amides is 1. The lowest BCUT2D eigenvalue weighted by atomic mass is 10.2. The van der Waals surface area contributed by atoms with E-state index in [2.05, 4.69) is 17.1 Å². The number of aromatic nitrogens is 1. The zero-order chi connectivity index (χ0) is 18.4. The quantitative estimate of drug-likeness (QED) is 0.545. The van der Waals surface area contributed by atoms with Crippen molar-refractivity contribution in [2.75, 3.05) is 11.9 Å². The van der Waals surface area contributed by atoms with E-state index < -0.39 is 5.91 Å². The van der Waals surface area contributed by atoms with Crippen molar-refractivity contribution < 1.29 is 10.0 Å². The predicted molar refractivity (Wildman–Crippen MR) is 101 cm³/mol. The number of hydrogen-bond acceptors (Lipinski definition) is 4.